The summed E-state index contributed by atoms with van der Waals surface area (Å²) in [6, 6.07) is 13.3. The maximum absolute atomic E-state index is 14.5. The summed E-state index contributed by atoms with van der Waals surface area (Å²) >= 11 is 12.6. The maximum Gasteiger partial charge on any atom is 0.238 e. The SMILES string of the molecule is C=C(O)COc1ccc(Cl)cc1[C@H]1CC(=O)NC(c2cc(F)ccc2C)[C@]12C(=O)Nc1cc(Cl)ccc12. The lowest BCUT2D eigenvalue weighted by Gasteiger charge is -2.47. The summed E-state index contributed by atoms with van der Waals surface area (Å²) < 4.78 is 20.4. The number of carbonyl (C=O) groups excluding carboxylic acids is 2. The Balaban J connectivity index is 1.81. The zero-order valence-corrected chi connectivity index (χ0v) is 21.3. The number of amides is 2. The average molecular weight is 541 g/mol. The van der Waals surface area contributed by atoms with Crippen LogP contribution < -0.4 is 15.4 Å². The number of hydrogen-bond acceptors (Lipinski definition) is 4. The highest BCUT2D eigenvalue weighted by Crippen LogP contribution is 2.59. The molecule has 5 rings (SSSR count). The first kappa shape index (κ1) is 25.1. The third-order valence-electron chi connectivity index (χ3n) is 7.04. The van der Waals surface area contributed by atoms with Crippen molar-refractivity contribution in [3.05, 3.63) is 105 Å². The molecule has 2 heterocycles. The standard InChI is InChI=1S/C28H23Cl2FN2O4/c1-14-3-6-18(31)11-19(14)26-28(21-7-4-17(30)10-23(21)32-27(28)36)22(12-25(35)33-26)20-9-16(29)5-8-24(20)37-13-15(2)34/h3-11,22,26,34H,2,12-13H2,1H3,(H,32,36)(H,33,35)/t22-,26?,28-/m1/s1. The molecule has 190 valence electrons. The molecule has 1 unspecified atom stereocenters. The number of piperidine rings is 1. The smallest absolute Gasteiger partial charge is 0.238 e. The van der Waals surface area contributed by atoms with Gasteiger partial charge in [0.15, 0.2) is 0 Å². The summed E-state index contributed by atoms with van der Waals surface area (Å²) in [6.45, 7) is 5.07. The van der Waals surface area contributed by atoms with Crippen LogP contribution in [0.4, 0.5) is 10.1 Å². The molecule has 37 heavy (non-hydrogen) atoms. The van der Waals surface area contributed by atoms with Gasteiger partial charge in [-0.25, -0.2) is 4.39 Å². The topological polar surface area (TPSA) is 87.7 Å². The summed E-state index contributed by atoms with van der Waals surface area (Å²) in [6.07, 6.45) is -0.0723. The molecule has 9 heteroatoms. The Morgan fingerprint density at radius 1 is 1.11 bits per heavy atom. The van der Waals surface area contributed by atoms with E-state index in [0.717, 1.165) is 0 Å². The van der Waals surface area contributed by atoms with Crippen LogP contribution in [0, 0.1) is 12.7 Å². The third-order valence-corrected chi connectivity index (χ3v) is 7.52. The van der Waals surface area contributed by atoms with Gasteiger partial charge in [-0.3, -0.25) is 9.59 Å². The van der Waals surface area contributed by atoms with Crippen molar-refractivity contribution in [3.63, 3.8) is 0 Å². The van der Waals surface area contributed by atoms with Crippen molar-refractivity contribution in [2.75, 3.05) is 11.9 Å². The minimum atomic E-state index is -1.40. The van der Waals surface area contributed by atoms with Crippen molar-refractivity contribution in [1.29, 1.82) is 0 Å². The Hall–Kier alpha value is -3.55. The maximum atomic E-state index is 14.5. The number of aliphatic hydroxyl groups excluding tert-OH is 1. The van der Waals surface area contributed by atoms with Crippen LogP contribution in [0.5, 0.6) is 5.75 Å². The predicted molar refractivity (Wildman–Crippen MR) is 140 cm³/mol. The van der Waals surface area contributed by atoms with Crippen molar-refractivity contribution in [3.8, 4) is 5.75 Å². The largest absolute Gasteiger partial charge is 0.509 e. The predicted octanol–water partition coefficient (Wildman–Crippen LogP) is 6.13. The van der Waals surface area contributed by atoms with E-state index >= 15 is 0 Å². The Labute approximate surface area is 223 Å². The molecule has 0 radical (unpaired) electrons. The highest BCUT2D eigenvalue weighted by molar-refractivity contribution is 6.31. The molecule has 0 aromatic heterocycles. The zero-order chi connectivity index (χ0) is 26.5. The lowest BCUT2D eigenvalue weighted by molar-refractivity contribution is -0.131. The van der Waals surface area contributed by atoms with Crippen molar-refractivity contribution in [2.45, 2.75) is 30.7 Å². The number of hydrogen-bond donors (Lipinski definition) is 3. The van der Waals surface area contributed by atoms with E-state index in [9.17, 15) is 19.1 Å². The van der Waals surface area contributed by atoms with Gasteiger partial charge in [0.1, 0.15) is 29.3 Å². The Bertz CT molecular complexity index is 1460. The number of aliphatic hydroxyl groups is 1. The minimum Gasteiger partial charge on any atom is -0.509 e. The van der Waals surface area contributed by atoms with E-state index in [1.807, 2.05) is 0 Å². The second kappa shape index (κ2) is 9.39. The molecule has 0 aliphatic carbocycles. The second-order valence-electron chi connectivity index (χ2n) is 9.31. The quantitative estimate of drug-likeness (QED) is 0.340. The lowest BCUT2D eigenvalue weighted by atomic mass is 9.59. The van der Waals surface area contributed by atoms with Gasteiger partial charge in [-0.2, -0.15) is 0 Å². The van der Waals surface area contributed by atoms with E-state index in [1.165, 1.54) is 12.1 Å². The van der Waals surface area contributed by atoms with Gasteiger partial charge in [0.05, 0.1) is 6.04 Å². The van der Waals surface area contributed by atoms with Gasteiger partial charge >= 0.3 is 0 Å². The van der Waals surface area contributed by atoms with E-state index in [2.05, 4.69) is 17.2 Å². The van der Waals surface area contributed by atoms with Gasteiger partial charge in [0, 0.05) is 33.6 Å². The number of ether oxygens (including phenoxy) is 1. The van der Waals surface area contributed by atoms with Crippen molar-refractivity contribution >= 4 is 40.7 Å². The fourth-order valence-electron chi connectivity index (χ4n) is 5.53. The summed E-state index contributed by atoms with van der Waals surface area (Å²) in [7, 11) is 0. The molecule has 2 aliphatic heterocycles. The summed E-state index contributed by atoms with van der Waals surface area (Å²) in [5.74, 6) is -1.81. The molecule has 3 N–H and O–H groups in total. The Kier molecular flexibility index (Phi) is 6.38. The van der Waals surface area contributed by atoms with Crippen LogP contribution in [0.2, 0.25) is 10.0 Å². The van der Waals surface area contributed by atoms with Crippen LogP contribution in [-0.4, -0.2) is 23.5 Å². The molecule has 2 amide bonds. The number of halogens is 3. The molecule has 1 spiro atoms. The fraction of sp³-hybridized carbons (Fsp3) is 0.214. The highest BCUT2D eigenvalue weighted by atomic mass is 35.5. The van der Waals surface area contributed by atoms with Crippen LogP contribution in [-0.2, 0) is 15.0 Å². The van der Waals surface area contributed by atoms with Crippen molar-refractivity contribution in [1.82, 2.24) is 5.32 Å². The third kappa shape index (κ3) is 4.22. The van der Waals surface area contributed by atoms with Crippen LogP contribution in [0.3, 0.4) is 0 Å². The van der Waals surface area contributed by atoms with Crippen LogP contribution in [0.25, 0.3) is 0 Å². The number of nitrogens with one attached hydrogen (secondary N) is 2. The summed E-state index contributed by atoms with van der Waals surface area (Å²) in [5, 5.41) is 16.4. The van der Waals surface area contributed by atoms with Crippen LogP contribution in [0.1, 0.15) is 40.6 Å². The number of benzene rings is 3. The first-order chi connectivity index (χ1) is 17.6. The normalized spacial score (nSPS) is 22.4. The lowest BCUT2D eigenvalue weighted by Crippen LogP contribution is -2.57. The molecular formula is C28H23Cl2FN2O4. The number of fused-ring (bicyclic) bond motifs is 2. The molecule has 3 aromatic carbocycles. The van der Waals surface area contributed by atoms with E-state index < -0.39 is 23.2 Å². The molecule has 1 saturated heterocycles. The van der Waals surface area contributed by atoms with E-state index in [4.69, 9.17) is 27.9 Å². The summed E-state index contributed by atoms with van der Waals surface area (Å²) in [5.41, 5.74) is 1.40. The second-order valence-corrected chi connectivity index (χ2v) is 10.2. The number of carbonyl (C=O) groups is 2. The average Bonchev–Trinajstić information content (AvgIpc) is 3.12. The molecular weight excluding hydrogens is 518 g/mol. The molecule has 1 fully saturated rings. The van der Waals surface area contributed by atoms with E-state index in [0.29, 0.717) is 43.7 Å². The molecule has 0 bridgehead atoms. The molecule has 0 saturated carbocycles. The highest BCUT2D eigenvalue weighted by Gasteiger charge is 2.61. The molecule has 3 aromatic rings. The zero-order valence-electron chi connectivity index (χ0n) is 19.8. The van der Waals surface area contributed by atoms with Crippen molar-refractivity contribution < 1.29 is 23.8 Å². The van der Waals surface area contributed by atoms with Gasteiger partial charge in [-0.05, 0) is 66.1 Å². The van der Waals surface area contributed by atoms with Crippen LogP contribution in [0.15, 0.2) is 66.9 Å². The number of aryl methyl sites for hydroxylation is 1. The van der Waals surface area contributed by atoms with E-state index in [-0.39, 0.29) is 30.6 Å². The number of rotatable bonds is 5. The van der Waals surface area contributed by atoms with E-state index in [1.54, 1.807) is 49.4 Å². The first-order valence-electron chi connectivity index (χ1n) is 11.6. The first-order valence-corrected chi connectivity index (χ1v) is 12.3. The molecule has 3 atom stereocenters. The van der Waals surface area contributed by atoms with Gasteiger partial charge in [-0.1, -0.05) is 41.9 Å². The van der Waals surface area contributed by atoms with Gasteiger partial charge < -0.3 is 20.5 Å². The van der Waals surface area contributed by atoms with Crippen molar-refractivity contribution in [2.24, 2.45) is 0 Å². The van der Waals surface area contributed by atoms with Gasteiger partial charge in [-0.15, -0.1) is 0 Å². The number of anilines is 1. The molecule has 6 nitrogen and oxygen atoms in total. The van der Waals surface area contributed by atoms with Gasteiger partial charge in [0.25, 0.3) is 0 Å². The minimum absolute atomic E-state index is 0.0723. The Morgan fingerprint density at radius 3 is 2.59 bits per heavy atom. The Morgan fingerprint density at radius 2 is 1.84 bits per heavy atom. The fourth-order valence-corrected chi connectivity index (χ4v) is 5.88. The summed E-state index contributed by atoms with van der Waals surface area (Å²) in [4.78, 5) is 27.3. The van der Waals surface area contributed by atoms with Gasteiger partial charge in [0.2, 0.25) is 11.8 Å². The molecule has 2 aliphatic rings. The van der Waals surface area contributed by atoms with Crippen LogP contribution >= 0.6 is 23.2 Å². The monoisotopic (exact) mass is 540 g/mol.